The van der Waals surface area contributed by atoms with Crippen molar-refractivity contribution in [1.82, 2.24) is 24.6 Å². The van der Waals surface area contributed by atoms with Gasteiger partial charge in [0.2, 0.25) is 17.7 Å². The summed E-state index contributed by atoms with van der Waals surface area (Å²) in [5.74, 6) is 0.998. The number of aryl methyl sites for hydroxylation is 2. The highest BCUT2D eigenvalue weighted by molar-refractivity contribution is 5.77. The number of morpholine rings is 1. The van der Waals surface area contributed by atoms with E-state index in [2.05, 4.69) is 15.2 Å². The number of nitrogens with zero attached hydrogens (tertiary/aromatic N) is 5. The van der Waals surface area contributed by atoms with Crippen LogP contribution in [0.1, 0.15) is 31.2 Å². The molecule has 26 heavy (non-hydrogen) atoms. The number of fused-ring (bicyclic) bond motifs is 1. The fourth-order valence-electron chi connectivity index (χ4n) is 3.30. The molecule has 0 radical (unpaired) electrons. The molecule has 0 bridgehead atoms. The van der Waals surface area contributed by atoms with Crippen LogP contribution in [-0.2, 0) is 16.1 Å². The molecule has 3 heterocycles. The van der Waals surface area contributed by atoms with Crippen LogP contribution < -0.4 is 0 Å². The maximum absolute atomic E-state index is 12.7. The summed E-state index contributed by atoms with van der Waals surface area (Å²) in [6.45, 7) is 5.26. The van der Waals surface area contributed by atoms with E-state index in [1.807, 2.05) is 40.7 Å². The molecule has 0 N–H and O–H groups in total. The van der Waals surface area contributed by atoms with Crippen molar-refractivity contribution < 1.29 is 13.9 Å². The number of carbonyl (C=O) groups is 1. The van der Waals surface area contributed by atoms with Gasteiger partial charge in [-0.15, -0.1) is 10.2 Å². The number of imidazole rings is 1. The van der Waals surface area contributed by atoms with Gasteiger partial charge in [0.05, 0.1) is 30.0 Å². The summed E-state index contributed by atoms with van der Waals surface area (Å²) in [7, 11) is 0. The number of carbonyl (C=O) groups excluding carboxylic acids is 1. The minimum absolute atomic E-state index is 0.0826. The molecule has 0 saturated carbocycles. The van der Waals surface area contributed by atoms with Crippen LogP contribution in [0.5, 0.6) is 0 Å². The average molecular weight is 355 g/mol. The van der Waals surface area contributed by atoms with Gasteiger partial charge in [0.25, 0.3) is 0 Å². The molecule has 1 fully saturated rings. The summed E-state index contributed by atoms with van der Waals surface area (Å²) in [6.07, 6.45) is 1.73. The number of hydrogen-bond donors (Lipinski definition) is 0. The molecule has 1 saturated heterocycles. The molecule has 2 atom stereocenters. The van der Waals surface area contributed by atoms with E-state index in [1.54, 1.807) is 13.3 Å². The van der Waals surface area contributed by atoms with Gasteiger partial charge in [0.1, 0.15) is 0 Å². The highest BCUT2D eigenvalue weighted by Crippen LogP contribution is 2.25. The molecule has 0 unspecified atom stereocenters. The predicted molar refractivity (Wildman–Crippen MR) is 93.3 cm³/mol. The van der Waals surface area contributed by atoms with Gasteiger partial charge < -0.3 is 18.6 Å². The first-order chi connectivity index (χ1) is 12.6. The van der Waals surface area contributed by atoms with Gasteiger partial charge in [-0.25, -0.2) is 4.98 Å². The zero-order valence-corrected chi connectivity index (χ0v) is 14.8. The second-order valence-corrected chi connectivity index (χ2v) is 6.57. The predicted octanol–water partition coefficient (Wildman–Crippen LogP) is 2.11. The molecule has 0 aliphatic carbocycles. The van der Waals surface area contributed by atoms with Gasteiger partial charge in [-0.2, -0.15) is 0 Å². The van der Waals surface area contributed by atoms with E-state index >= 15 is 0 Å². The summed E-state index contributed by atoms with van der Waals surface area (Å²) in [4.78, 5) is 18.9. The van der Waals surface area contributed by atoms with Crippen LogP contribution in [0.25, 0.3) is 11.0 Å². The largest absolute Gasteiger partial charge is 0.423 e. The molecule has 1 aromatic carbocycles. The third-order valence-electron chi connectivity index (χ3n) is 4.52. The zero-order chi connectivity index (χ0) is 18.1. The molecule has 2 aromatic heterocycles. The average Bonchev–Trinajstić information content (AvgIpc) is 3.25. The van der Waals surface area contributed by atoms with E-state index < -0.39 is 0 Å². The number of rotatable bonds is 4. The van der Waals surface area contributed by atoms with E-state index in [0.717, 1.165) is 11.0 Å². The van der Waals surface area contributed by atoms with Crippen molar-refractivity contribution in [2.45, 2.75) is 39.0 Å². The zero-order valence-electron chi connectivity index (χ0n) is 14.8. The Balaban J connectivity index is 1.42. The maximum Gasteiger partial charge on any atom is 0.247 e. The lowest BCUT2D eigenvalue weighted by atomic mass is 10.2. The van der Waals surface area contributed by atoms with Crippen LogP contribution in [-0.4, -0.2) is 49.7 Å². The van der Waals surface area contributed by atoms with Gasteiger partial charge in [-0.1, -0.05) is 12.1 Å². The first-order valence-corrected chi connectivity index (χ1v) is 8.73. The van der Waals surface area contributed by atoms with Crippen LogP contribution in [0.3, 0.4) is 0 Å². The van der Waals surface area contributed by atoms with Gasteiger partial charge in [-0.05, 0) is 19.1 Å². The van der Waals surface area contributed by atoms with Gasteiger partial charge in [-0.3, -0.25) is 4.79 Å². The lowest BCUT2D eigenvalue weighted by molar-refractivity contribution is -0.146. The van der Waals surface area contributed by atoms with Crippen molar-refractivity contribution in [3.05, 3.63) is 42.4 Å². The molecule has 8 heteroatoms. The molecule has 0 spiro atoms. The topological polar surface area (TPSA) is 86.3 Å². The lowest BCUT2D eigenvalue weighted by Crippen LogP contribution is -2.46. The Hall–Kier alpha value is -2.74. The van der Waals surface area contributed by atoms with Crippen molar-refractivity contribution in [2.24, 2.45) is 0 Å². The Morgan fingerprint density at radius 2 is 2.12 bits per heavy atom. The van der Waals surface area contributed by atoms with Crippen molar-refractivity contribution in [1.29, 1.82) is 0 Å². The first-order valence-electron chi connectivity index (χ1n) is 8.73. The van der Waals surface area contributed by atoms with Crippen LogP contribution in [0.4, 0.5) is 0 Å². The van der Waals surface area contributed by atoms with Crippen molar-refractivity contribution >= 4 is 16.9 Å². The Labute approximate surface area is 150 Å². The van der Waals surface area contributed by atoms with Gasteiger partial charge in [0, 0.05) is 26.4 Å². The maximum atomic E-state index is 12.7. The van der Waals surface area contributed by atoms with Crippen LogP contribution in [0, 0.1) is 6.92 Å². The van der Waals surface area contributed by atoms with Crippen molar-refractivity contribution in [3.8, 4) is 0 Å². The minimum atomic E-state index is -0.377. The van der Waals surface area contributed by atoms with Crippen LogP contribution in [0.2, 0.25) is 0 Å². The number of amides is 1. The Morgan fingerprint density at radius 1 is 1.27 bits per heavy atom. The van der Waals surface area contributed by atoms with Crippen LogP contribution >= 0.6 is 0 Å². The van der Waals surface area contributed by atoms with Gasteiger partial charge >= 0.3 is 0 Å². The SMILES string of the molecule is Cc1nnc([C@H]2CN(C(=O)CCn3cnc4ccccc43)C[C@@H](C)O2)o1. The standard InChI is InChI=1S/C18H21N5O3/c1-12-9-23(10-16(25-12)18-21-20-13(2)26-18)17(24)7-8-22-11-19-14-5-3-4-6-15(14)22/h3-6,11-12,16H,7-10H2,1-2H3/t12-,16-/m1/s1. The number of hydrogen-bond acceptors (Lipinski definition) is 6. The highest BCUT2D eigenvalue weighted by Gasteiger charge is 2.32. The van der Waals surface area contributed by atoms with E-state index in [4.69, 9.17) is 9.15 Å². The quantitative estimate of drug-likeness (QED) is 0.712. The Bertz CT molecular complexity index is 918. The molecule has 3 aromatic rings. The summed E-state index contributed by atoms with van der Waals surface area (Å²) in [6, 6.07) is 7.91. The van der Waals surface area contributed by atoms with E-state index in [1.165, 1.54) is 0 Å². The normalized spacial score (nSPS) is 20.6. The molecular weight excluding hydrogens is 334 g/mol. The van der Waals surface area contributed by atoms with Gasteiger partial charge in [0.15, 0.2) is 6.10 Å². The lowest BCUT2D eigenvalue weighted by Gasteiger charge is -2.35. The van der Waals surface area contributed by atoms with Crippen molar-refractivity contribution in [3.63, 3.8) is 0 Å². The van der Waals surface area contributed by atoms with E-state index in [-0.39, 0.29) is 18.1 Å². The summed E-state index contributed by atoms with van der Waals surface area (Å²) in [5, 5.41) is 7.87. The molecule has 1 aliphatic heterocycles. The fourth-order valence-corrected chi connectivity index (χ4v) is 3.30. The highest BCUT2D eigenvalue weighted by atomic mass is 16.5. The Kier molecular flexibility index (Phi) is 4.42. The van der Waals surface area contributed by atoms with Crippen molar-refractivity contribution in [2.75, 3.05) is 13.1 Å². The van der Waals surface area contributed by atoms with E-state index in [9.17, 15) is 4.79 Å². The number of para-hydroxylation sites is 2. The summed E-state index contributed by atoms with van der Waals surface area (Å²) < 4.78 is 13.3. The van der Waals surface area contributed by atoms with Crippen LogP contribution in [0.15, 0.2) is 35.0 Å². The second-order valence-electron chi connectivity index (χ2n) is 6.57. The second kappa shape index (κ2) is 6.87. The number of benzene rings is 1. The number of ether oxygens (including phenoxy) is 1. The monoisotopic (exact) mass is 355 g/mol. The van der Waals surface area contributed by atoms with E-state index in [0.29, 0.717) is 37.8 Å². The fraction of sp³-hybridized carbons (Fsp3) is 0.444. The molecule has 136 valence electrons. The Morgan fingerprint density at radius 3 is 2.92 bits per heavy atom. The first kappa shape index (κ1) is 16.7. The minimum Gasteiger partial charge on any atom is -0.423 e. The number of aromatic nitrogens is 4. The smallest absolute Gasteiger partial charge is 0.247 e. The third kappa shape index (κ3) is 3.32. The summed E-state index contributed by atoms with van der Waals surface area (Å²) in [5.41, 5.74) is 1.97. The third-order valence-corrected chi connectivity index (χ3v) is 4.52. The molecule has 1 amide bonds. The molecule has 1 aliphatic rings. The summed E-state index contributed by atoms with van der Waals surface area (Å²) >= 11 is 0. The molecule has 4 rings (SSSR count). The molecule has 8 nitrogen and oxygen atoms in total. The molecular formula is C18H21N5O3.